The van der Waals surface area contributed by atoms with Crippen LogP contribution in [0.4, 0.5) is 0 Å². The number of amides is 1. The maximum Gasteiger partial charge on any atom is 0.223 e. The van der Waals surface area contributed by atoms with Crippen LogP contribution >= 0.6 is 0 Å². The second-order valence-electron chi connectivity index (χ2n) is 7.17. The van der Waals surface area contributed by atoms with Crippen LogP contribution in [-0.2, 0) is 14.3 Å². The first-order chi connectivity index (χ1) is 9.74. The Balaban J connectivity index is 1.29. The largest absolute Gasteiger partial charge is 0.353 e. The SMILES string of the molecule is O=C(NC1CCC2(CC1)OCCO2)C1CC2CCC1C2. The van der Waals surface area contributed by atoms with E-state index in [9.17, 15) is 4.79 Å². The van der Waals surface area contributed by atoms with E-state index in [0.29, 0.717) is 23.8 Å². The Morgan fingerprint density at radius 3 is 2.35 bits per heavy atom. The fourth-order valence-electron chi connectivity index (χ4n) is 4.86. The zero-order chi connectivity index (χ0) is 13.6. The molecule has 1 saturated heterocycles. The molecule has 4 aliphatic rings. The van der Waals surface area contributed by atoms with Crippen LogP contribution in [0.15, 0.2) is 0 Å². The lowest BCUT2D eigenvalue weighted by Gasteiger charge is -2.36. The van der Waals surface area contributed by atoms with E-state index in [-0.39, 0.29) is 5.79 Å². The third-order valence-electron chi connectivity index (χ3n) is 5.98. The van der Waals surface area contributed by atoms with Gasteiger partial charge in [-0.25, -0.2) is 0 Å². The lowest BCUT2D eigenvalue weighted by atomic mass is 9.86. The molecule has 4 heteroatoms. The molecule has 3 saturated carbocycles. The van der Waals surface area contributed by atoms with Crippen molar-refractivity contribution in [3.8, 4) is 0 Å². The van der Waals surface area contributed by atoms with E-state index < -0.39 is 0 Å². The highest BCUT2D eigenvalue weighted by Gasteiger charge is 2.44. The van der Waals surface area contributed by atoms with E-state index in [2.05, 4.69) is 5.32 Å². The first-order valence-corrected chi connectivity index (χ1v) is 8.32. The van der Waals surface area contributed by atoms with Crippen LogP contribution in [0.5, 0.6) is 0 Å². The Morgan fingerprint density at radius 1 is 1.00 bits per heavy atom. The highest BCUT2D eigenvalue weighted by atomic mass is 16.7. The zero-order valence-corrected chi connectivity index (χ0v) is 12.1. The molecular formula is C16H25NO3. The molecule has 1 N–H and O–H groups in total. The van der Waals surface area contributed by atoms with E-state index >= 15 is 0 Å². The van der Waals surface area contributed by atoms with Crippen molar-refractivity contribution in [2.24, 2.45) is 17.8 Å². The van der Waals surface area contributed by atoms with E-state index in [1.807, 2.05) is 0 Å². The lowest BCUT2D eigenvalue weighted by Crippen LogP contribution is -2.46. The van der Waals surface area contributed by atoms with Crippen LogP contribution in [0.3, 0.4) is 0 Å². The molecule has 4 fully saturated rings. The number of nitrogens with one attached hydrogen (secondary N) is 1. The minimum atomic E-state index is -0.312. The summed E-state index contributed by atoms with van der Waals surface area (Å²) in [5.74, 6) is 1.84. The number of hydrogen-bond acceptors (Lipinski definition) is 3. The zero-order valence-electron chi connectivity index (χ0n) is 12.1. The summed E-state index contributed by atoms with van der Waals surface area (Å²) in [4.78, 5) is 12.4. The predicted octanol–water partition coefficient (Wildman–Crippen LogP) is 2.22. The first kappa shape index (κ1) is 13.1. The Morgan fingerprint density at radius 2 is 1.75 bits per heavy atom. The van der Waals surface area contributed by atoms with Crippen LogP contribution in [0.1, 0.15) is 51.4 Å². The first-order valence-electron chi connectivity index (χ1n) is 8.32. The molecule has 4 nitrogen and oxygen atoms in total. The molecule has 112 valence electrons. The number of fused-ring (bicyclic) bond motifs is 2. The summed E-state index contributed by atoms with van der Waals surface area (Å²) in [5, 5.41) is 3.30. The van der Waals surface area contributed by atoms with Crippen LogP contribution < -0.4 is 5.32 Å². The molecule has 1 amide bonds. The minimum absolute atomic E-state index is 0.309. The van der Waals surface area contributed by atoms with Crippen molar-refractivity contribution in [1.29, 1.82) is 0 Å². The highest BCUT2D eigenvalue weighted by Crippen LogP contribution is 2.48. The van der Waals surface area contributed by atoms with Gasteiger partial charge in [-0.05, 0) is 43.9 Å². The highest BCUT2D eigenvalue weighted by molar-refractivity contribution is 5.79. The number of rotatable bonds is 2. The molecule has 4 rings (SSSR count). The number of hydrogen-bond donors (Lipinski definition) is 1. The lowest BCUT2D eigenvalue weighted by molar-refractivity contribution is -0.180. The fourth-order valence-corrected chi connectivity index (χ4v) is 4.86. The van der Waals surface area contributed by atoms with Crippen molar-refractivity contribution in [1.82, 2.24) is 5.32 Å². The Bertz CT molecular complexity index is 381. The molecule has 1 aliphatic heterocycles. The third kappa shape index (κ3) is 2.27. The molecule has 3 atom stereocenters. The average molecular weight is 279 g/mol. The summed E-state index contributed by atoms with van der Waals surface area (Å²) < 4.78 is 11.5. The second kappa shape index (κ2) is 4.99. The molecule has 1 heterocycles. The second-order valence-corrected chi connectivity index (χ2v) is 7.17. The van der Waals surface area contributed by atoms with Crippen molar-refractivity contribution in [3.05, 3.63) is 0 Å². The molecule has 0 radical (unpaired) electrons. The smallest absolute Gasteiger partial charge is 0.223 e. The molecule has 3 unspecified atom stereocenters. The van der Waals surface area contributed by atoms with Crippen LogP contribution in [-0.4, -0.2) is 30.9 Å². The van der Waals surface area contributed by atoms with E-state index in [1.165, 1.54) is 19.3 Å². The quantitative estimate of drug-likeness (QED) is 0.843. The van der Waals surface area contributed by atoms with E-state index in [4.69, 9.17) is 9.47 Å². The van der Waals surface area contributed by atoms with Crippen molar-refractivity contribution in [3.63, 3.8) is 0 Å². The predicted molar refractivity (Wildman–Crippen MR) is 74.0 cm³/mol. The van der Waals surface area contributed by atoms with Gasteiger partial charge in [0.05, 0.1) is 13.2 Å². The summed E-state index contributed by atoms with van der Waals surface area (Å²) in [7, 11) is 0. The summed E-state index contributed by atoms with van der Waals surface area (Å²) in [5.41, 5.74) is 0. The fraction of sp³-hybridized carbons (Fsp3) is 0.938. The summed E-state index contributed by atoms with van der Waals surface area (Å²) in [6.07, 6.45) is 8.91. The van der Waals surface area contributed by atoms with Crippen molar-refractivity contribution in [2.75, 3.05) is 13.2 Å². The van der Waals surface area contributed by atoms with Crippen LogP contribution in [0.25, 0.3) is 0 Å². The van der Waals surface area contributed by atoms with Crippen LogP contribution in [0.2, 0.25) is 0 Å². The van der Waals surface area contributed by atoms with Crippen LogP contribution in [0, 0.1) is 17.8 Å². The molecule has 3 aliphatic carbocycles. The molecule has 0 aromatic rings. The Labute approximate surface area is 120 Å². The van der Waals surface area contributed by atoms with E-state index in [1.54, 1.807) is 0 Å². The van der Waals surface area contributed by atoms with Crippen molar-refractivity contribution < 1.29 is 14.3 Å². The van der Waals surface area contributed by atoms with Gasteiger partial charge in [-0.2, -0.15) is 0 Å². The Hall–Kier alpha value is -0.610. The van der Waals surface area contributed by atoms with Gasteiger partial charge in [0.25, 0.3) is 0 Å². The monoisotopic (exact) mass is 279 g/mol. The van der Waals surface area contributed by atoms with Gasteiger partial charge in [-0.15, -0.1) is 0 Å². The Kier molecular flexibility index (Phi) is 3.26. The van der Waals surface area contributed by atoms with Crippen molar-refractivity contribution in [2.45, 2.75) is 63.2 Å². The van der Waals surface area contributed by atoms with Gasteiger partial charge in [-0.3, -0.25) is 4.79 Å². The van der Waals surface area contributed by atoms with E-state index in [0.717, 1.165) is 51.2 Å². The molecule has 0 aromatic carbocycles. The standard InChI is InChI=1S/C16H25NO3/c18-15(14-10-11-1-2-12(14)9-11)17-13-3-5-16(6-4-13)19-7-8-20-16/h11-14H,1-10H2,(H,17,18). The molecule has 2 bridgehead atoms. The normalized spacial score (nSPS) is 39.5. The van der Waals surface area contributed by atoms with Gasteiger partial charge in [0.1, 0.15) is 0 Å². The third-order valence-corrected chi connectivity index (χ3v) is 5.98. The molecular weight excluding hydrogens is 254 g/mol. The minimum Gasteiger partial charge on any atom is -0.353 e. The maximum atomic E-state index is 12.4. The molecule has 1 spiro atoms. The van der Waals surface area contributed by atoms with Gasteiger partial charge < -0.3 is 14.8 Å². The average Bonchev–Trinajstić information content (AvgIpc) is 3.18. The maximum absolute atomic E-state index is 12.4. The topological polar surface area (TPSA) is 47.6 Å². The summed E-state index contributed by atoms with van der Waals surface area (Å²) >= 11 is 0. The van der Waals surface area contributed by atoms with Gasteiger partial charge in [0.2, 0.25) is 5.91 Å². The summed E-state index contributed by atoms with van der Waals surface area (Å²) in [6, 6.07) is 0.333. The van der Waals surface area contributed by atoms with Gasteiger partial charge in [0, 0.05) is 24.8 Å². The van der Waals surface area contributed by atoms with Gasteiger partial charge in [0.15, 0.2) is 5.79 Å². The molecule has 0 aromatic heterocycles. The van der Waals surface area contributed by atoms with Crippen molar-refractivity contribution >= 4 is 5.91 Å². The number of carbonyl (C=O) groups excluding carboxylic acids is 1. The van der Waals surface area contributed by atoms with Gasteiger partial charge in [-0.1, -0.05) is 6.42 Å². The number of ether oxygens (including phenoxy) is 2. The summed E-state index contributed by atoms with van der Waals surface area (Å²) in [6.45, 7) is 1.45. The van der Waals surface area contributed by atoms with Gasteiger partial charge >= 0.3 is 0 Å². The molecule has 20 heavy (non-hydrogen) atoms. The number of carbonyl (C=O) groups is 1.